The summed E-state index contributed by atoms with van der Waals surface area (Å²) in [5.74, 6) is 0.258. The third-order valence-electron chi connectivity index (χ3n) is 7.54. The minimum absolute atomic E-state index is 0.00953. The van der Waals surface area contributed by atoms with Crippen molar-refractivity contribution in [1.29, 1.82) is 0 Å². The van der Waals surface area contributed by atoms with Crippen LogP contribution in [0.5, 0.6) is 0 Å². The van der Waals surface area contributed by atoms with E-state index >= 15 is 0 Å². The molecule has 1 amide bonds. The summed E-state index contributed by atoms with van der Waals surface area (Å²) < 4.78 is 41.8. The number of hydrogen-bond acceptors (Lipinski definition) is 6. The lowest BCUT2D eigenvalue weighted by molar-refractivity contribution is -0.137. The van der Waals surface area contributed by atoms with Gasteiger partial charge >= 0.3 is 6.18 Å². The van der Waals surface area contributed by atoms with Crippen molar-refractivity contribution < 1.29 is 18.0 Å². The predicted molar refractivity (Wildman–Crippen MR) is 157 cm³/mol. The third-order valence-corrected chi connectivity index (χ3v) is 7.75. The molecule has 0 bridgehead atoms. The Balaban J connectivity index is 1.27. The van der Waals surface area contributed by atoms with E-state index < -0.39 is 11.7 Å². The summed E-state index contributed by atoms with van der Waals surface area (Å²) in [5.41, 5.74) is 9.23. The number of aliphatic imine (C=N–C) groups is 1. The number of nitrogens with two attached hydrogens (primary N) is 1. The Morgan fingerprint density at radius 1 is 1.02 bits per heavy atom. The molecular weight excluding hydrogens is 565 g/mol. The molecule has 2 aromatic carbocycles. The van der Waals surface area contributed by atoms with Crippen LogP contribution in [-0.4, -0.2) is 45.1 Å². The van der Waals surface area contributed by atoms with Gasteiger partial charge in [0, 0.05) is 53.9 Å². The zero-order valence-corrected chi connectivity index (χ0v) is 23.1. The number of anilines is 2. The van der Waals surface area contributed by atoms with Crippen LogP contribution in [0.3, 0.4) is 0 Å². The fourth-order valence-corrected chi connectivity index (χ4v) is 5.50. The van der Waals surface area contributed by atoms with E-state index in [0.717, 1.165) is 24.5 Å². The van der Waals surface area contributed by atoms with Gasteiger partial charge < -0.3 is 16.0 Å². The molecule has 7 nitrogen and oxygen atoms in total. The van der Waals surface area contributed by atoms with Crippen molar-refractivity contribution in [3.63, 3.8) is 0 Å². The van der Waals surface area contributed by atoms with E-state index in [1.807, 2.05) is 11.0 Å². The molecule has 11 heteroatoms. The first-order valence-corrected chi connectivity index (χ1v) is 13.9. The number of alkyl halides is 3. The summed E-state index contributed by atoms with van der Waals surface area (Å²) in [6.07, 6.45) is 3.95. The second kappa shape index (κ2) is 11.2. The second-order valence-electron chi connectivity index (χ2n) is 10.3. The molecule has 3 aromatic rings. The number of nitrogens with one attached hydrogen (secondary N) is 1. The van der Waals surface area contributed by atoms with Crippen molar-refractivity contribution in [3.05, 3.63) is 107 Å². The fourth-order valence-electron chi connectivity index (χ4n) is 5.34. The molecule has 1 aliphatic carbocycles. The molecule has 42 heavy (non-hydrogen) atoms. The maximum Gasteiger partial charge on any atom is 0.417 e. The summed E-state index contributed by atoms with van der Waals surface area (Å²) in [7, 11) is 0. The Morgan fingerprint density at radius 3 is 2.50 bits per heavy atom. The van der Waals surface area contributed by atoms with E-state index in [0.29, 0.717) is 59.1 Å². The van der Waals surface area contributed by atoms with Gasteiger partial charge in [-0.2, -0.15) is 13.2 Å². The van der Waals surface area contributed by atoms with Gasteiger partial charge in [0.15, 0.2) is 0 Å². The summed E-state index contributed by atoms with van der Waals surface area (Å²) in [6, 6.07) is 12.6. The Bertz CT molecular complexity index is 1670. The number of carbonyl (C=O) groups is 1. The minimum Gasteiger partial charge on any atom is -0.339 e. The van der Waals surface area contributed by atoms with E-state index in [9.17, 15) is 18.0 Å². The van der Waals surface area contributed by atoms with Crippen molar-refractivity contribution in [2.75, 3.05) is 18.4 Å². The topological polar surface area (TPSA) is 96.5 Å². The Kier molecular flexibility index (Phi) is 7.42. The molecule has 2 aliphatic heterocycles. The maximum atomic E-state index is 13.9. The Hall–Kier alpha value is -4.28. The summed E-state index contributed by atoms with van der Waals surface area (Å²) in [4.78, 5) is 28.1. The van der Waals surface area contributed by atoms with E-state index in [1.165, 1.54) is 24.4 Å². The lowest BCUT2D eigenvalue weighted by Gasteiger charge is -2.30. The highest BCUT2D eigenvalue weighted by atomic mass is 35.5. The Labute approximate surface area is 245 Å². The number of fused-ring (bicyclic) bond motifs is 3. The molecule has 214 valence electrons. The van der Waals surface area contributed by atoms with Gasteiger partial charge in [-0.15, -0.1) is 0 Å². The molecule has 1 aromatic heterocycles. The molecule has 3 N–H and O–H groups in total. The maximum absolute atomic E-state index is 13.9. The van der Waals surface area contributed by atoms with Crippen molar-refractivity contribution in [2.45, 2.75) is 31.5 Å². The van der Waals surface area contributed by atoms with Gasteiger partial charge in [-0.25, -0.2) is 15.0 Å². The van der Waals surface area contributed by atoms with Crippen LogP contribution < -0.4 is 11.1 Å². The number of carbonyl (C=O) groups excluding carboxylic acids is 1. The van der Waals surface area contributed by atoms with Gasteiger partial charge in [0.25, 0.3) is 5.91 Å². The van der Waals surface area contributed by atoms with Crippen LogP contribution >= 0.6 is 11.6 Å². The van der Waals surface area contributed by atoms with Gasteiger partial charge in [-0.1, -0.05) is 35.9 Å². The number of likely N-dealkylation sites (tertiary alicyclic amines) is 1. The van der Waals surface area contributed by atoms with Crippen LogP contribution in [-0.2, 0) is 12.6 Å². The van der Waals surface area contributed by atoms with E-state index in [-0.39, 0.29) is 22.7 Å². The van der Waals surface area contributed by atoms with E-state index in [2.05, 4.69) is 15.3 Å². The second-order valence-corrected chi connectivity index (χ2v) is 10.7. The van der Waals surface area contributed by atoms with Gasteiger partial charge in [0.05, 0.1) is 11.3 Å². The van der Waals surface area contributed by atoms with Gasteiger partial charge in [-0.3, -0.25) is 4.79 Å². The zero-order valence-electron chi connectivity index (χ0n) is 22.3. The number of rotatable bonds is 4. The predicted octanol–water partition coefficient (Wildman–Crippen LogP) is 6.36. The summed E-state index contributed by atoms with van der Waals surface area (Å²) in [5, 5.41) is 3.22. The molecule has 0 spiro atoms. The van der Waals surface area contributed by atoms with Crippen LogP contribution in [0.4, 0.5) is 24.8 Å². The molecule has 0 unspecified atom stereocenters. The first-order chi connectivity index (χ1) is 20.2. The Morgan fingerprint density at radius 2 is 1.76 bits per heavy atom. The SMILES string of the molecule is NC1CCN(C(=O)c2ccc(Nc3ncc4c(n3)C3=CN=C(Cl)C=C(c5ccccc5C(F)(F)F)C3=CC4)cc2)CC1. The average Bonchev–Trinajstić information content (AvgIpc) is 3.16. The minimum atomic E-state index is -4.55. The molecule has 6 rings (SSSR count). The average molecular weight is 591 g/mol. The van der Waals surface area contributed by atoms with Crippen molar-refractivity contribution in [1.82, 2.24) is 14.9 Å². The van der Waals surface area contributed by atoms with Crippen LogP contribution in [0.1, 0.15) is 45.6 Å². The number of benzene rings is 2. The number of piperidine rings is 1. The molecule has 0 atom stereocenters. The first kappa shape index (κ1) is 27.9. The first-order valence-electron chi connectivity index (χ1n) is 13.5. The van der Waals surface area contributed by atoms with Crippen LogP contribution in [0.15, 0.2) is 83.6 Å². The normalized spacial score (nSPS) is 17.2. The smallest absolute Gasteiger partial charge is 0.339 e. The fraction of sp³-hybridized carbons (Fsp3) is 0.226. The van der Waals surface area contributed by atoms with Gasteiger partial charge in [0.2, 0.25) is 5.95 Å². The van der Waals surface area contributed by atoms with Gasteiger partial charge in [-0.05, 0) is 72.4 Å². The number of aromatic nitrogens is 2. The summed E-state index contributed by atoms with van der Waals surface area (Å²) in [6.45, 7) is 1.28. The number of allylic oxidation sites excluding steroid dienone is 5. The highest BCUT2D eigenvalue weighted by Crippen LogP contribution is 2.44. The molecule has 3 heterocycles. The molecule has 0 radical (unpaired) electrons. The van der Waals surface area contributed by atoms with Gasteiger partial charge in [0.1, 0.15) is 5.17 Å². The molecule has 1 saturated heterocycles. The molecule has 3 aliphatic rings. The van der Waals surface area contributed by atoms with E-state index in [1.54, 1.807) is 36.5 Å². The number of nitrogens with zero attached hydrogens (tertiary/aromatic N) is 4. The standard InChI is InChI=1S/C31H26ClF3N6O/c32-27-15-24(23-3-1-2-4-26(23)31(33,34)35)22-10-7-19-16-38-30(40-28(19)25(22)17-37-27)39-21-8-5-18(6-9-21)29(42)41-13-11-20(36)12-14-41/h1-6,8-10,15-17,20H,7,11-14,36H2,(H,38,39,40). The van der Waals surface area contributed by atoms with Crippen LogP contribution in [0.25, 0.3) is 11.1 Å². The van der Waals surface area contributed by atoms with Crippen molar-refractivity contribution in [3.8, 4) is 0 Å². The van der Waals surface area contributed by atoms with Crippen LogP contribution in [0, 0.1) is 0 Å². The van der Waals surface area contributed by atoms with E-state index in [4.69, 9.17) is 22.3 Å². The molecule has 1 fully saturated rings. The van der Waals surface area contributed by atoms with Crippen LogP contribution in [0.2, 0.25) is 0 Å². The lowest BCUT2D eigenvalue weighted by Crippen LogP contribution is -2.42. The summed E-state index contributed by atoms with van der Waals surface area (Å²) >= 11 is 6.30. The van der Waals surface area contributed by atoms with Crippen molar-refractivity contribution in [2.24, 2.45) is 10.7 Å². The third kappa shape index (κ3) is 5.60. The molecular formula is C31H26ClF3N6O. The van der Waals surface area contributed by atoms with Crippen molar-refractivity contribution >= 4 is 45.5 Å². The largest absolute Gasteiger partial charge is 0.417 e. The number of hydrogen-bond donors (Lipinski definition) is 2. The quantitative estimate of drug-likeness (QED) is 0.369. The highest BCUT2D eigenvalue weighted by molar-refractivity contribution is 6.69. The monoisotopic (exact) mass is 590 g/mol. The lowest BCUT2D eigenvalue weighted by atomic mass is 9.83. The highest BCUT2D eigenvalue weighted by Gasteiger charge is 2.35. The number of amides is 1. The zero-order chi connectivity index (χ0) is 29.4. The number of halogens is 4. The molecule has 0 saturated carbocycles.